The zero-order valence-electron chi connectivity index (χ0n) is 10.4. The van der Waals surface area contributed by atoms with Crippen LogP contribution in [0.5, 0.6) is 5.75 Å². The minimum atomic E-state index is -3.04. The van der Waals surface area contributed by atoms with Gasteiger partial charge in [0.2, 0.25) is 0 Å². The van der Waals surface area contributed by atoms with Crippen molar-refractivity contribution in [2.75, 3.05) is 6.61 Å². The summed E-state index contributed by atoms with van der Waals surface area (Å²) >= 11 is 0. The first-order chi connectivity index (χ1) is 9.43. The van der Waals surface area contributed by atoms with Crippen molar-refractivity contribution in [3.05, 3.63) is 30.1 Å². The van der Waals surface area contributed by atoms with Crippen molar-refractivity contribution in [3.8, 4) is 5.75 Å². The molecular formula is C12H11F2NO5. The van der Waals surface area contributed by atoms with E-state index in [-0.39, 0.29) is 17.9 Å². The van der Waals surface area contributed by atoms with Crippen LogP contribution in [0.3, 0.4) is 0 Å². The lowest BCUT2D eigenvalue weighted by Crippen LogP contribution is -2.15. The van der Waals surface area contributed by atoms with Crippen molar-refractivity contribution in [3.63, 3.8) is 0 Å². The van der Waals surface area contributed by atoms with E-state index in [1.54, 1.807) is 0 Å². The van der Waals surface area contributed by atoms with Gasteiger partial charge >= 0.3 is 12.6 Å². The van der Waals surface area contributed by atoms with Crippen LogP contribution in [0.1, 0.15) is 12.5 Å². The molecule has 20 heavy (non-hydrogen) atoms. The fraction of sp³-hybridized carbons (Fsp3) is 0.250. The van der Waals surface area contributed by atoms with E-state index in [4.69, 9.17) is 0 Å². The van der Waals surface area contributed by atoms with Crippen LogP contribution in [0.4, 0.5) is 8.78 Å². The number of aliphatic hydroxyl groups excluding tert-OH is 1. The molecule has 6 nitrogen and oxygen atoms in total. The largest absolute Gasteiger partial charge is 0.507 e. The van der Waals surface area contributed by atoms with Crippen LogP contribution in [0, 0.1) is 0 Å². The van der Waals surface area contributed by atoms with Crippen molar-refractivity contribution >= 4 is 17.5 Å². The van der Waals surface area contributed by atoms with E-state index in [9.17, 15) is 23.5 Å². The SMILES string of the molecule is CCOC(=O)C(=O)/C=C(\O)c1cncc(OC(F)F)c1. The van der Waals surface area contributed by atoms with Gasteiger partial charge in [-0.2, -0.15) is 8.78 Å². The van der Waals surface area contributed by atoms with Crippen molar-refractivity contribution in [2.24, 2.45) is 0 Å². The summed E-state index contributed by atoms with van der Waals surface area (Å²) in [6.45, 7) is -1.51. The molecule has 0 bridgehead atoms. The lowest BCUT2D eigenvalue weighted by molar-refractivity contribution is -0.151. The molecule has 0 saturated carbocycles. The van der Waals surface area contributed by atoms with Gasteiger partial charge in [-0.1, -0.05) is 0 Å². The number of carbonyl (C=O) groups excluding carboxylic acids is 2. The van der Waals surface area contributed by atoms with E-state index in [1.807, 2.05) is 0 Å². The normalized spacial score (nSPS) is 11.3. The number of hydrogen-bond donors (Lipinski definition) is 1. The number of rotatable bonds is 6. The van der Waals surface area contributed by atoms with Gasteiger partial charge in [0.25, 0.3) is 5.78 Å². The Hall–Kier alpha value is -2.51. The summed E-state index contributed by atoms with van der Waals surface area (Å²) < 4.78 is 32.5. The molecule has 0 aliphatic carbocycles. The van der Waals surface area contributed by atoms with E-state index in [1.165, 1.54) is 6.92 Å². The number of pyridine rings is 1. The highest BCUT2D eigenvalue weighted by Gasteiger charge is 2.14. The molecule has 1 aromatic rings. The minimum Gasteiger partial charge on any atom is -0.507 e. The summed E-state index contributed by atoms with van der Waals surface area (Å²) in [4.78, 5) is 25.9. The Labute approximate surface area is 112 Å². The summed E-state index contributed by atoms with van der Waals surface area (Å²) in [5, 5.41) is 9.62. The molecule has 0 spiro atoms. The molecule has 0 aliphatic rings. The highest BCUT2D eigenvalue weighted by Crippen LogP contribution is 2.18. The van der Waals surface area contributed by atoms with Crippen molar-refractivity contribution in [1.82, 2.24) is 4.98 Å². The molecule has 0 aliphatic heterocycles. The molecule has 0 saturated heterocycles. The quantitative estimate of drug-likeness (QED) is 0.371. The lowest BCUT2D eigenvalue weighted by atomic mass is 10.2. The molecule has 0 radical (unpaired) electrons. The third kappa shape index (κ3) is 4.63. The highest BCUT2D eigenvalue weighted by atomic mass is 19.3. The maximum Gasteiger partial charge on any atom is 0.387 e. The van der Waals surface area contributed by atoms with Gasteiger partial charge in [0.1, 0.15) is 11.5 Å². The topological polar surface area (TPSA) is 85.7 Å². The number of halogens is 2. The number of aliphatic hydroxyl groups is 1. The highest BCUT2D eigenvalue weighted by molar-refractivity contribution is 6.39. The number of alkyl halides is 2. The van der Waals surface area contributed by atoms with Gasteiger partial charge < -0.3 is 14.6 Å². The predicted octanol–water partition coefficient (Wildman–Crippen LogP) is 1.71. The van der Waals surface area contributed by atoms with Crippen molar-refractivity contribution in [1.29, 1.82) is 0 Å². The maximum absolute atomic E-state index is 12.0. The zero-order chi connectivity index (χ0) is 15.1. The summed E-state index contributed by atoms with van der Waals surface area (Å²) in [7, 11) is 0. The number of esters is 1. The van der Waals surface area contributed by atoms with E-state index in [0.29, 0.717) is 6.08 Å². The van der Waals surface area contributed by atoms with Crippen LogP contribution in [0.2, 0.25) is 0 Å². The average molecular weight is 287 g/mol. The molecule has 0 unspecified atom stereocenters. The summed E-state index contributed by atoms with van der Waals surface area (Å²) in [5.41, 5.74) is -0.0548. The Bertz CT molecular complexity index is 530. The maximum atomic E-state index is 12.0. The molecule has 0 fully saturated rings. The molecule has 8 heteroatoms. The smallest absolute Gasteiger partial charge is 0.387 e. The molecule has 108 valence electrons. The molecule has 1 aromatic heterocycles. The molecular weight excluding hydrogens is 276 g/mol. The molecule has 1 N–H and O–H groups in total. The monoisotopic (exact) mass is 287 g/mol. The lowest BCUT2D eigenvalue weighted by Gasteiger charge is -2.05. The van der Waals surface area contributed by atoms with Gasteiger partial charge in [-0.15, -0.1) is 0 Å². The molecule has 1 heterocycles. The molecule has 0 atom stereocenters. The van der Waals surface area contributed by atoms with Crippen LogP contribution in [0.25, 0.3) is 5.76 Å². The number of aromatic nitrogens is 1. The van der Waals surface area contributed by atoms with Gasteiger partial charge in [0.15, 0.2) is 0 Å². The number of ether oxygens (including phenoxy) is 2. The standard InChI is InChI=1S/C12H11F2NO5/c1-2-19-11(18)10(17)4-9(16)7-3-8(6-15-5-7)20-12(13)14/h3-6,12,16H,2H2,1H3/b9-4-. The second-order valence-corrected chi connectivity index (χ2v) is 3.40. The Morgan fingerprint density at radius 1 is 1.45 bits per heavy atom. The third-order valence-electron chi connectivity index (χ3n) is 1.98. The van der Waals surface area contributed by atoms with Crippen LogP contribution >= 0.6 is 0 Å². The van der Waals surface area contributed by atoms with Gasteiger partial charge in [0, 0.05) is 17.8 Å². The van der Waals surface area contributed by atoms with Gasteiger partial charge in [0.05, 0.1) is 12.8 Å². The number of hydrogen-bond acceptors (Lipinski definition) is 6. The number of ketones is 1. The van der Waals surface area contributed by atoms with Crippen LogP contribution in [-0.2, 0) is 14.3 Å². The second-order valence-electron chi connectivity index (χ2n) is 3.40. The predicted molar refractivity (Wildman–Crippen MR) is 63.1 cm³/mol. The van der Waals surface area contributed by atoms with Gasteiger partial charge in [-0.25, -0.2) is 4.79 Å². The first kappa shape index (κ1) is 15.5. The molecule has 1 rings (SSSR count). The van der Waals surface area contributed by atoms with Crippen molar-refractivity contribution in [2.45, 2.75) is 13.5 Å². The second kappa shape index (κ2) is 7.17. The van der Waals surface area contributed by atoms with Gasteiger partial charge in [-0.05, 0) is 13.0 Å². The summed E-state index contributed by atoms with van der Waals surface area (Å²) in [5.74, 6) is -3.12. The number of carbonyl (C=O) groups is 2. The Balaban J connectivity index is 2.88. The first-order valence-corrected chi connectivity index (χ1v) is 5.46. The fourth-order valence-corrected chi connectivity index (χ4v) is 1.19. The third-order valence-corrected chi connectivity index (χ3v) is 1.98. The number of nitrogens with zero attached hydrogens (tertiary/aromatic N) is 1. The Kier molecular flexibility index (Phi) is 5.57. The van der Waals surface area contributed by atoms with Crippen LogP contribution < -0.4 is 4.74 Å². The van der Waals surface area contributed by atoms with E-state index < -0.39 is 24.1 Å². The van der Waals surface area contributed by atoms with E-state index in [2.05, 4.69) is 14.5 Å². The van der Waals surface area contributed by atoms with Gasteiger partial charge in [-0.3, -0.25) is 9.78 Å². The summed E-state index contributed by atoms with van der Waals surface area (Å²) in [6.07, 6.45) is 2.74. The van der Waals surface area contributed by atoms with E-state index >= 15 is 0 Å². The average Bonchev–Trinajstić information content (AvgIpc) is 2.38. The minimum absolute atomic E-state index is 0.0123. The Morgan fingerprint density at radius 3 is 2.75 bits per heavy atom. The Morgan fingerprint density at radius 2 is 2.15 bits per heavy atom. The molecule has 0 aromatic carbocycles. The van der Waals surface area contributed by atoms with Crippen LogP contribution in [-0.4, -0.2) is 35.1 Å². The first-order valence-electron chi connectivity index (χ1n) is 5.46. The van der Waals surface area contributed by atoms with Crippen LogP contribution in [0.15, 0.2) is 24.5 Å². The van der Waals surface area contributed by atoms with Crippen molar-refractivity contribution < 1.29 is 33.0 Å². The van der Waals surface area contributed by atoms with E-state index in [0.717, 1.165) is 18.5 Å². The molecule has 0 amide bonds. The summed E-state index contributed by atoms with van der Waals surface area (Å²) in [6, 6.07) is 1.05. The fourth-order valence-electron chi connectivity index (χ4n) is 1.19. The zero-order valence-corrected chi connectivity index (χ0v) is 10.4.